The van der Waals surface area contributed by atoms with Crippen LogP contribution < -0.4 is 10.6 Å². The highest BCUT2D eigenvalue weighted by molar-refractivity contribution is 9.10. The average Bonchev–Trinajstić information content (AvgIpc) is 2.23. The molecule has 1 aromatic rings. The molecule has 0 radical (unpaired) electrons. The third-order valence-electron chi connectivity index (χ3n) is 2.55. The van der Waals surface area contributed by atoms with Crippen molar-refractivity contribution in [3.8, 4) is 0 Å². The van der Waals surface area contributed by atoms with Crippen molar-refractivity contribution in [1.29, 1.82) is 0 Å². The molecule has 2 rings (SSSR count). The van der Waals surface area contributed by atoms with Crippen molar-refractivity contribution in [2.75, 3.05) is 43.9 Å². The Morgan fingerprint density at radius 3 is 2.67 bits per heavy atom. The molecule has 0 atom stereocenters. The highest BCUT2D eigenvalue weighted by atomic mass is 79.9. The number of nitrogen functional groups attached to an aromatic ring is 1. The first-order valence-electron chi connectivity index (χ1n) is 4.88. The Kier molecular flexibility index (Phi) is 3.06. The summed E-state index contributed by atoms with van der Waals surface area (Å²) < 4.78 is 0.904. The summed E-state index contributed by atoms with van der Waals surface area (Å²) in [5.74, 6) is 1.22. The summed E-state index contributed by atoms with van der Waals surface area (Å²) in [6, 6.07) is 0. The summed E-state index contributed by atoms with van der Waals surface area (Å²) in [4.78, 5) is 12.7. The summed E-state index contributed by atoms with van der Waals surface area (Å²) in [7, 11) is 2.13. The van der Waals surface area contributed by atoms with Gasteiger partial charge >= 0.3 is 0 Å². The van der Waals surface area contributed by atoms with Gasteiger partial charge in [0.15, 0.2) is 0 Å². The van der Waals surface area contributed by atoms with E-state index in [-0.39, 0.29) is 0 Å². The molecule has 0 amide bonds. The van der Waals surface area contributed by atoms with Gasteiger partial charge in [-0.25, -0.2) is 4.98 Å². The fraction of sp³-hybridized carbons (Fsp3) is 0.556. The normalized spacial score (nSPS) is 18.1. The fourth-order valence-corrected chi connectivity index (χ4v) is 2.05. The van der Waals surface area contributed by atoms with E-state index < -0.39 is 0 Å². The Labute approximate surface area is 97.4 Å². The molecule has 1 aliphatic rings. The predicted molar refractivity (Wildman–Crippen MR) is 63.9 cm³/mol. The number of likely N-dealkylation sites (N-methyl/N-ethyl adjacent to an activating group) is 1. The van der Waals surface area contributed by atoms with Crippen LogP contribution in [0.25, 0.3) is 0 Å². The molecule has 2 N–H and O–H groups in total. The van der Waals surface area contributed by atoms with Crippen LogP contribution >= 0.6 is 15.9 Å². The molecule has 6 heteroatoms. The molecule has 1 aliphatic heterocycles. The van der Waals surface area contributed by atoms with Crippen LogP contribution in [0.5, 0.6) is 0 Å². The summed E-state index contributed by atoms with van der Waals surface area (Å²) in [5.41, 5.74) is 5.58. The second-order valence-corrected chi connectivity index (χ2v) is 4.54. The second-order valence-electron chi connectivity index (χ2n) is 3.69. The number of anilines is 2. The minimum absolute atomic E-state index is 0.326. The molecular formula is C9H14BrN5. The van der Waals surface area contributed by atoms with E-state index in [0.717, 1.165) is 36.5 Å². The predicted octanol–water partition coefficient (Wildman–Crippen LogP) is 0.573. The zero-order valence-corrected chi connectivity index (χ0v) is 10.2. The molecule has 82 valence electrons. The molecule has 0 bridgehead atoms. The standard InChI is InChI=1S/C9H14BrN5/c1-14-2-4-15(5-3-14)8-7(10)6-12-9(11)13-8/h6H,2-5H2,1H3,(H2,11,12,13). The molecule has 0 aliphatic carbocycles. The van der Waals surface area contributed by atoms with Crippen LogP contribution in [0.4, 0.5) is 11.8 Å². The summed E-state index contributed by atoms with van der Waals surface area (Å²) >= 11 is 3.45. The Morgan fingerprint density at radius 1 is 1.33 bits per heavy atom. The van der Waals surface area contributed by atoms with E-state index in [1.807, 2.05) is 0 Å². The summed E-state index contributed by atoms with van der Waals surface area (Å²) in [5, 5.41) is 0. The van der Waals surface area contributed by atoms with E-state index in [4.69, 9.17) is 5.73 Å². The van der Waals surface area contributed by atoms with Crippen LogP contribution in [0.15, 0.2) is 10.7 Å². The first-order chi connectivity index (χ1) is 7.16. The number of nitrogens with zero attached hydrogens (tertiary/aromatic N) is 4. The van der Waals surface area contributed by atoms with Crippen LogP contribution in [-0.2, 0) is 0 Å². The molecular weight excluding hydrogens is 258 g/mol. The Hall–Kier alpha value is -0.880. The topological polar surface area (TPSA) is 58.3 Å². The van der Waals surface area contributed by atoms with Gasteiger partial charge in [-0.15, -0.1) is 0 Å². The highest BCUT2D eigenvalue weighted by Crippen LogP contribution is 2.24. The van der Waals surface area contributed by atoms with E-state index in [1.54, 1.807) is 6.20 Å². The first kappa shape index (κ1) is 10.6. The maximum absolute atomic E-state index is 5.58. The van der Waals surface area contributed by atoms with Crippen LogP contribution in [0.1, 0.15) is 0 Å². The van der Waals surface area contributed by atoms with Crippen molar-refractivity contribution >= 4 is 27.7 Å². The van der Waals surface area contributed by atoms with Gasteiger partial charge in [0, 0.05) is 32.4 Å². The monoisotopic (exact) mass is 271 g/mol. The third kappa shape index (κ3) is 2.38. The lowest BCUT2D eigenvalue weighted by atomic mass is 10.3. The number of piperazine rings is 1. The largest absolute Gasteiger partial charge is 0.368 e. The molecule has 1 aromatic heterocycles. The average molecular weight is 272 g/mol. The minimum atomic E-state index is 0.326. The van der Waals surface area contributed by atoms with Crippen LogP contribution in [0, 0.1) is 0 Å². The van der Waals surface area contributed by atoms with Crippen molar-refractivity contribution < 1.29 is 0 Å². The van der Waals surface area contributed by atoms with E-state index in [0.29, 0.717) is 5.95 Å². The summed E-state index contributed by atoms with van der Waals surface area (Å²) in [6.45, 7) is 4.06. The molecule has 0 spiro atoms. The lowest BCUT2D eigenvalue weighted by molar-refractivity contribution is 0.312. The van der Waals surface area contributed by atoms with Gasteiger partial charge in [-0.1, -0.05) is 0 Å². The molecule has 0 saturated carbocycles. The number of halogens is 1. The Bertz CT molecular complexity index is 348. The molecule has 0 aromatic carbocycles. The van der Waals surface area contributed by atoms with Gasteiger partial charge in [-0.3, -0.25) is 0 Å². The molecule has 0 unspecified atom stereocenters. The van der Waals surface area contributed by atoms with Crippen molar-refractivity contribution in [2.45, 2.75) is 0 Å². The number of aromatic nitrogens is 2. The van der Waals surface area contributed by atoms with Gasteiger partial charge in [0.2, 0.25) is 5.95 Å². The maximum Gasteiger partial charge on any atom is 0.222 e. The highest BCUT2D eigenvalue weighted by Gasteiger charge is 2.17. The number of nitrogens with two attached hydrogens (primary N) is 1. The zero-order valence-electron chi connectivity index (χ0n) is 8.65. The molecule has 1 fully saturated rings. The molecule has 1 saturated heterocycles. The fourth-order valence-electron chi connectivity index (χ4n) is 1.61. The van der Waals surface area contributed by atoms with Gasteiger partial charge in [0.05, 0.1) is 4.47 Å². The second kappa shape index (κ2) is 4.32. The Balaban J connectivity index is 2.18. The van der Waals surface area contributed by atoms with Crippen LogP contribution in [0.3, 0.4) is 0 Å². The van der Waals surface area contributed by atoms with Gasteiger partial charge < -0.3 is 15.5 Å². The molecule has 5 nitrogen and oxygen atoms in total. The smallest absolute Gasteiger partial charge is 0.222 e. The van der Waals surface area contributed by atoms with E-state index >= 15 is 0 Å². The van der Waals surface area contributed by atoms with E-state index in [2.05, 4.69) is 42.7 Å². The third-order valence-corrected chi connectivity index (χ3v) is 3.11. The first-order valence-corrected chi connectivity index (χ1v) is 5.67. The lowest BCUT2D eigenvalue weighted by Gasteiger charge is -2.33. The van der Waals surface area contributed by atoms with Crippen molar-refractivity contribution in [3.05, 3.63) is 10.7 Å². The number of hydrogen-bond acceptors (Lipinski definition) is 5. The Morgan fingerprint density at radius 2 is 2.00 bits per heavy atom. The van der Waals surface area contributed by atoms with Gasteiger partial charge in [-0.2, -0.15) is 4.98 Å². The van der Waals surface area contributed by atoms with E-state index in [9.17, 15) is 0 Å². The molecule has 15 heavy (non-hydrogen) atoms. The minimum Gasteiger partial charge on any atom is -0.368 e. The lowest BCUT2D eigenvalue weighted by Crippen LogP contribution is -2.45. The zero-order chi connectivity index (χ0) is 10.8. The number of rotatable bonds is 1. The van der Waals surface area contributed by atoms with Crippen molar-refractivity contribution in [2.24, 2.45) is 0 Å². The van der Waals surface area contributed by atoms with Gasteiger partial charge in [0.25, 0.3) is 0 Å². The van der Waals surface area contributed by atoms with E-state index in [1.165, 1.54) is 0 Å². The van der Waals surface area contributed by atoms with Gasteiger partial charge in [0.1, 0.15) is 5.82 Å². The summed E-state index contributed by atoms with van der Waals surface area (Å²) in [6.07, 6.45) is 1.70. The maximum atomic E-state index is 5.58. The quantitative estimate of drug-likeness (QED) is 0.810. The SMILES string of the molecule is CN1CCN(c2nc(N)ncc2Br)CC1. The molecule has 2 heterocycles. The number of hydrogen-bond donors (Lipinski definition) is 1. The van der Waals surface area contributed by atoms with Crippen LogP contribution in [-0.4, -0.2) is 48.1 Å². The van der Waals surface area contributed by atoms with Crippen LogP contribution in [0.2, 0.25) is 0 Å². The van der Waals surface area contributed by atoms with Crippen molar-refractivity contribution in [3.63, 3.8) is 0 Å². The van der Waals surface area contributed by atoms with Crippen molar-refractivity contribution in [1.82, 2.24) is 14.9 Å². The van der Waals surface area contributed by atoms with Gasteiger partial charge in [-0.05, 0) is 23.0 Å².